The highest BCUT2D eigenvalue weighted by atomic mass is 79.9. The second-order valence-corrected chi connectivity index (χ2v) is 4.90. The summed E-state index contributed by atoms with van der Waals surface area (Å²) < 4.78 is 38.3. The molecule has 8 heteroatoms. The van der Waals surface area contributed by atoms with Gasteiger partial charge in [0.1, 0.15) is 0 Å². The Morgan fingerprint density at radius 3 is 2.65 bits per heavy atom. The molecule has 0 fully saturated rings. The molecule has 20 heavy (non-hydrogen) atoms. The Bertz CT molecular complexity index is 474. The van der Waals surface area contributed by atoms with Gasteiger partial charge in [0.25, 0.3) is 0 Å². The predicted molar refractivity (Wildman–Crippen MR) is 77.3 cm³/mol. The number of guanidine groups is 1. The maximum atomic E-state index is 12.8. The molecule has 0 radical (unpaired) electrons. The fourth-order valence-electron chi connectivity index (χ4n) is 1.43. The Kier molecular flexibility index (Phi) is 6.28. The lowest BCUT2D eigenvalue weighted by molar-refractivity contribution is -0.138. The van der Waals surface area contributed by atoms with Crippen LogP contribution < -0.4 is 16.6 Å². The summed E-state index contributed by atoms with van der Waals surface area (Å²) >= 11 is 2.88. The van der Waals surface area contributed by atoms with Crippen molar-refractivity contribution in [2.45, 2.75) is 25.9 Å². The fraction of sp³-hybridized carbons (Fsp3) is 0.417. The number of hydrogen-bond acceptors (Lipinski definition) is 2. The SMILES string of the molecule is CCCCN=C(NN)Nc1ccc(Br)c(C(F)(F)F)c1. The van der Waals surface area contributed by atoms with Gasteiger partial charge >= 0.3 is 6.18 Å². The first-order valence-corrected chi connectivity index (χ1v) is 6.82. The normalized spacial score (nSPS) is 12.4. The van der Waals surface area contributed by atoms with Gasteiger partial charge in [-0.1, -0.05) is 29.3 Å². The Morgan fingerprint density at radius 2 is 2.10 bits per heavy atom. The standard InChI is InChI=1S/C12H16BrF3N4/c1-2-3-6-18-11(20-17)19-8-4-5-10(13)9(7-8)12(14,15)16/h4-5,7H,2-3,6,17H2,1H3,(H2,18,19,20). The highest BCUT2D eigenvalue weighted by molar-refractivity contribution is 9.10. The highest BCUT2D eigenvalue weighted by Gasteiger charge is 2.33. The molecule has 4 nitrogen and oxygen atoms in total. The van der Waals surface area contributed by atoms with E-state index in [1.54, 1.807) is 0 Å². The van der Waals surface area contributed by atoms with E-state index in [9.17, 15) is 13.2 Å². The second kappa shape index (κ2) is 7.49. The van der Waals surface area contributed by atoms with Gasteiger partial charge in [-0.3, -0.25) is 10.4 Å². The number of unbranched alkanes of at least 4 members (excludes halogenated alkanes) is 1. The topological polar surface area (TPSA) is 62.4 Å². The number of anilines is 1. The summed E-state index contributed by atoms with van der Waals surface area (Å²) in [6.45, 7) is 2.56. The Labute approximate surface area is 123 Å². The monoisotopic (exact) mass is 352 g/mol. The van der Waals surface area contributed by atoms with Crippen LogP contribution >= 0.6 is 15.9 Å². The summed E-state index contributed by atoms with van der Waals surface area (Å²) in [5.41, 5.74) is 1.83. The van der Waals surface area contributed by atoms with Gasteiger partial charge in [-0.05, 0) is 24.6 Å². The van der Waals surface area contributed by atoms with Crippen molar-refractivity contribution in [3.05, 3.63) is 28.2 Å². The number of aliphatic imine (C=N–C) groups is 1. The molecule has 0 bridgehead atoms. The first-order valence-electron chi connectivity index (χ1n) is 6.03. The highest BCUT2D eigenvalue weighted by Crippen LogP contribution is 2.36. The molecule has 112 valence electrons. The third kappa shape index (κ3) is 5.01. The Morgan fingerprint density at radius 1 is 1.40 bits per heavy atom. The Balaban J connectivity index is 2.89. The van der Waals surface area contributed by atoms with E-state index < -0.39 is 11.7 Å². The van der Waals surface area contributed by atoms with Crippen LogP contribution in [0.3, 0.4) is 0 Å². The van der Waals surface area contributed by atoms with Gasteiger partial charge in [0, 0.05) is 16.7 Å². The summed E-state index contributed by atoms with van der Waals surface area (Å²) in [5, 5.41) is 2.72. The number of hydrazine groups is 1. The zero-order chi connectivity index (χ0) is 15.2. The summed E-state index contributed by atoms with van der Waals surface area (Å²) in [6.07, 6.45) is -2.58. The van der Waals surface area contributed by atoms with E-state index in [4.69, 9.17) is 5.84 Å². The van der Waals surface area contributed by atoms with Crippen molar-refractivity contribution in [1.29, 1.82) is 0 Å². The lowest BCUT2D eigenvalue weighted by Gasteiger charge is -2.13. The average Bonchev–Trinajstić information content (AvgIpc) is 2.38. The molecule has 0 heterocycles. The van der Waals surface area contributed by atoms with Gasteiger partial charge < -0.3 is 5.32 Å². The van der Waals surface area contributed by atoms with E-state index in [0.717, 1.165) is 18.9 Å². The molecule has 0 aliphatic carbocycles. The molecule has 0 aliphatic heterocycles. The maximum Gasteiger partial charge on any atom is 0.417 e. The predicted octanol–water partition coefficient (Wildman–Crippen LogP) is 3.50. The molecule has 0 spiro atoms. The zero-order valence-electron chi connectivity index (χ0n) is 10.9. The smallest absolute Gasteiger partial charge is 0.325 e. The van der Waals surface area contributed by atoms with Gasteiger partial charge in [0.15, 0.2) is 0 Å². The van der Waals surface area contributed by atoms with Gasteiger partial charge in [0.05, 0.1) is 5.56 Å². The molecule has 0 aliphatic rings. The van der Waals surface area contributed by atoms with Crippen LogP contribution in [0.15, 0.2) is 27.7 Å². The minimum atomic E-state index is -4.42. The van der Waals surface area contributed by atoms with Gasteiger partial charge in [-0.15, -0.1) is 0 Å². The van der Waals surface area contributed by atoms with Crippen LogP contribution in [-0.2, 0) is 6.18 Å². The molecule has 4 N–H and O–H groups in total. The number of rotatable bonds is 4. The lowest BCUT2D eigenvalue weighted by Crippen LogP contribution is -2.36. The number of alkyl halides is 3. The van der Waals surface area contributed by atoms with Gasteiger partial charge in [-0.2, -0.15) is 13.2 Å². The lowest BCUT2D eigenvalue weighted by atomic mass is 10.2. The van der Waals surface area contributed by atoms with E-state index in [2.05, 4.69) is 31.7 Å². The summed E-state index contributed by atoms with van der Waals surface area (Å²) in [5.74, 6) is 5.51. The third-order valence-corrected chi connectivity index (χ3v) is 3.14. The van der Waals surface area contributed by atoms with Crippen LogP contribution in [0.1, 0.15) is 25.3 Å². The van der Waals surface area contributed by atoms with Gasteiger partial charge in [0.2, 0.25) is 5.96 Å². The molecule has 0 aromatic heterocycles. The minimum Gasteiger partial charge on any atom is -0.325 e. The van der Waals surface area contributed by atoms with Crippen LogP contribution in [0.25, 0.3) is 0 Å². The van der Waals surface area contributed by atoms with Crippen LogP contribution in [0, 0.1) is 0 Å². The van der Waals surface area contributed by atoms with Crippen LogP contribution in [-0.4, -0.2) is 12.5 Å². The number of hydrogen-bond donors (Lipinski definition) is 3. The number of nitrogens with two attached hydrogens (primary N) is 1. The molecular formula is C12H16BrF3N4. The third-order valence-electron chi connectivity index (χ3n) is 2.45. The van der Waals surface area contributed by atoms with Crippen LogP contribution in [0.5, 0.6) is 0 Å². The first kappa shape index (κ1) is 16.8. The number of benzene rings is 1. The molecule has 1 aromatic carbocycles. The van der Waals surface area contributed by atoms with E-state index in [1.807, 2.05) is 6.92 Å². The van der Waals surface area contributed by atoms with Crippen LogP contribution in [0.2, 0.25) is 0 Å². The van der Waals surface area contributed by atoms with Crippen molar-refractivity contribution in [3.8, 4) is 0 Å². The second-order valence-electron chi connectivity index (χ2n) is 4.05. The Hall–Kier alpha value is -1.28. The van der Waals surface area contributed by atoms with Crippen molar-refractivity contribution in [2.75, 3.05) is 11.9 Å². The van der Waals surface area contributed by atoms with Crippen molar-refractivity contribution in [1.82, 2.24) is 5.43 Å². The molecule has 0 saturated carbocycles. The van der Waals surface area contributed by atoms with Crippen molar-refractivity contribution in [3.63, 3.8) is 0 Å². The summed E-state index contributed by atoms with van der Waals surface area (Å²) in [4.78, 5) is 4.12. The minimum absolute atomic E-state index is 0.0132. The quantitative estimate of drug-likeness (QED) is 0.255. The van der Waals surface area contributed by atoms with Crippen molar-refractivity contribution in [2.24, 2.45) is 10.8 Å². The fourth-order valence-corrected chi connectivity index (χ4v) is 1.90. The maximum absolute atomic E-state index is 12.8. The van der Waals surface area contributed by atoms with Crippen molar-refractivity contribution >= 4 is 27.6 Å². The van der Waals surface area contributed by atoms with Gasteiger partial charge in [-0.25, -0.2) is 5.84 Å². The molecule has 0 amide bonds. The summed E-state index contributed by atoms with van der Waals surface area (Å²) in [7, 11) is 0. The molecule has 0 unspecified atom stereocenters. The number of nitrogens with one attached hydrogen (secondary N) is 2. The summed E-state index contributed by atoms with van der Waals surface area (Å²) in [6, 6.07) is 3.83. The van der Waals surface area contributed by atoms with Crippen molar-refractivity contribution < 1.29 is 13.2 Å². The van der Waals surface area contributed by atoms with E-state index >= 15 is 0 Å². The van der Waals surface area contributed by atoms with E-state index in [1.165, 1.54) is 12.1 Å². The molecule has 1 rings (SSSR count). The largest absolute Gasteiger partial charge is 0.417 e. The first-order chi connectivity index (χ1) is 9.38. The number of nitrogens with zero attached hydrogens (tertiary/aromatic N) is 1. The van der Waals surface area contributed by atoms with E-state index in [0.29, 0.717) is 6.54 Å². The average molecular weight is 353 g/mol. The van der Waals surface area contributed by atoms with Crippen LogP contribution in [0.4, 0.5) is 18.9 Å². The molecule has 1 aromatic rings. The molecular weight excluding hydrogens is 337 g/mol. The number of halogens is 4. The molecule has 0 saturated heterocycles. The van der Waals surface area contributed by atoms with E-state index in [-0.39, 0.29) is 16.1 Å². The zero-order valence-corrected chi connectivity index (χ0v) is 12.5. The molecule has 0 atom stereocenters.